The predicted octanol–water partition coefficient (Wildman–Crippen LogP) is 3.57. The van der Waals surface area contributed by atoms with Crippen LogP contribution >= 0.6 is 0 Å². The van der Waals surface area contributed by atoms with Crippen LogP contribution in [0.4, 0.5) is 0 Å². The van der Waals surface area contributed by atoms with Crippen LogP contribution in [0.1, 0.15) is 31.2 Å². The van der Waals surface area contributed by atoms with Crippen molar-refractivity contribution >= 4 is 16.7 Å². The van der Waals surface area contributed by atoms with Crippen LogP contribution in [-0.2, 0) is 4.79 Å². The summed E-state index contributed by atoms with van der Waals surface area (Å²) in [5.41, 5.74) is 1.03. The summed E-state index contributed by atoms with van der Waals surface area (Å²) in [6.45, 7) is 2.00. The van der Waals surface area contributed by atoms with E-state index in [2.05, 4.69) is 0 Å². The summed E-state index contributed by atoms with van der Waals surface area (Å²) in [7, 11) is 0. The van der Waals surface area contributed by atoms with Crippen molar-refractivity contribution in [3.8, 4) is 5.75 Å². The van der Waals surface area contributed by atoms with E-state index in [1.165, 1.54) is 0 Å². The molecule has 0 saturated heterocycles. The van der Waals surface area contributed by atoms with Gasteiger partial charge in [0.05, 0.1) is 12.5 Å². The molecule has 98 valence electrons. The van der Waals surface area contributed by atoms with Gasteiger partial charge in [-0.25, -0.2) is 0 Å². The van der Waals surface area contributed by atoms with Gasteiger partial charge in [0, 0.05) is 11.3 Å². The molecule has 0 fully saturated rings. The number of fused-ring (bicyclic) bond motifs is 3. The molecule has 1 N–H and O–H groups in total. The number of ether oxygens (including phenoxy) is 1. The zero-order chi connectivity index (χ0) is 13.4. The van der Waals surface area contributed by atoms with Gasteiger partial charge in [-0.2, -0.15) is 0 Å². The van der Waals surface area contributed by atoms with Crippen molar-refractivity contribution in [2.45, 2.75) is 31.8 Å². The molecule has 0 saturated carbocycles. The number of carboxylic acid groups (broad SMARTS) is 1. The Morgan fingerprint density at radius 3 is 2.89 bits per heavy atom. The quantitative estimate of drug-likeness (QED) is 0.893. The normalized spacial score (nSPS) is 21.7. The minimum absolute atomic E-state index is 0.0425. The Kier molecular flexibility index (Phi) is 2.90. The van der Waals surface area contributed by atoms with Crippen molar-refractivity contribution in [3.05, 3.63) is 42.0 Å². The monoisotopic (exact) mass is 256 g/mol. The van der Waals surface area contributed by atoms with Crippen molar-refractivity contribution in [2.75, 3.05) is 0 Å². The Balaban J connectivity index is 2.15. The average Bonchev–Trinajstić information content (AvgIpc) is 2.37. The molecule has 3 rings (SSSR count). The molecule has 2 aromatic carbocycles. The third-order valence-electron chi connectivity index (χ3n) is 3.71. The fourth-order valence-corrected chi connectivity index (χ4v) is 2.89. The molecule has 1 aliphatic rings. The number of rotatable bonds is 2. The SMILES string of the molecule is CC1CC(CC(=O)O)c2ccc3ccccc3c2O1. The summed E-state index contributed by atoms with van der Waals surface area (Å²) in [4.78, 5) is 11.0. The highest BCUT2D eigenvalue weighted by Gasteiger charge is 2.28. The first-order valence-corrected chi connectivity index (χ1v) is 6.55. The lowest BCUT2D eigenvalue weighted by Crippen LogP contribution is -2.24. The minimum Gasteiger partial charge on any atom is -0.490 e. The van der Waals surface area contributed by atoms with Crippen molar-refractivity contribution in [3.63, 3.8) is 0 Å². The van der Waals surface area contributed by atoms with Crippen molar-refractivity contribution < 1.29 is 14.6 Å². The van der Waals surface area contributed by atoms with Crippen molar-refractivity contribution in [1.82, 2.24) is 0 Å². The minimum atomic E-state index is -0.752. The number of carbonyl (C=O) groups is 1. The molecule has 2 aromatic rings. The van der Waals surface area contributed by atoms with E-state index >= 15 is 0 Å². The molecule has 0 aliphatic carbocycles. The molecule has 0 aromatic heterocycles. The molecule has 0 spiro atoms. The van der Waals surface area contributed by atoms with Crippen molar-refractivity contribution in [1.29, 1.82) is 0 Å². The first-order valence-electron chi connectivity index (χ1n) is 6.55. The maximum absolute atomic E-state index is 11.0. The number of carboxylic acids is 1. The number of hydrogen-bond donors (Lipinski definition) is 1. The largest absolute Gasteiger partial charge is 0.490 e. The Morgan fingerprint density at radius 1 is 1.32 bits per heavy atom. The highest BCUT2D eigenvalue weighted by atomic mass is 16.5. The van der Waals surface area contributed by atoms with E-state index in [-0.39, 0.29) is 18.4 Å². The smallest absolute Gasteiger partial charge is 0.303 e. The molecular formula is C16H16O3. The Bertz CT molecular complexity index is 633. The fraction of sp³-hybridized carbons (Fsp3) is 0.312. The van der Waals surface area contributed by atoms with E-state index in [1.54, 1.807) is 0 Å². The van der Waals surface area contributed by atoms with Gasteiger partial charge in [-0.05, 0) is 24.3 Å². The highest BCUT2D eigenvalue weighted by molar-refractivity contribution is 5.90. The maximum atomic E-state index is 11.0. The molecule has 3 nitrogen and oxygen atoms in total. The average molecular weight is 256 g/mol. The molecule has 2 unspecified atom stereocenters. The van der Waals surface area contributed by atoms with Crippen LogP contribution < -0.4 is 4.74 Å². The molecule has 0 amide bonds. The molecule has 0 radical (unpaired) electrons. The van der Waals surface area contributed by atoms with Gasteiger partial charge in [0.2, 0.25) is 0 Å². The predicted molar refractivity (Wildman–Crippen MR) is 73.6 cm³/mol. The standard InChI is InChI=1S/C16H16O3/c1-10-8-12(9-15(17)18)14-7-6-11-4-2-3-5-13(11)16(14)19-10/h2-7,10,12H,8-9H2,1H3,(H,17,18). The van der Waals surface area contributed by atoms with Gasteiger partial charge >= 0.3 is 5.97 Å². The van der Waals surface area contributed by atoms with E-state index in [4.69, 9.17) is 9.84 Å². The molecular weight excluding hydrogens is 240 g/mol. The number of aliphatic carboxylic acids is 1. The van der Waals surface area contributed by atoms with Gasteiger partial charge in [0.15, 0.2) is 0 Å². The zero-order valence-electron chi connectivity index (χ0n) is 10.8. The first kappa shape index (κ1) is 12.0. The van der Waals surface area contributed by atoms with E-state index < -0.39 is 5.97 Å². The maximum Gasteiger partial charge on any atom is 0.303 e. The van der Waals surface area contributed by atoms with Crippen LogP contribution in [0.5, 0.6) is 5.75 Å². The van der Waals surface area contributed by atoms with Crippen LogP contribution in [0.25, 0.3) is 10.8 Å². The summed E-state index contributed by atoms with van der Waals surface area (Å²) < 4.78 is 5.96. The van der Waals surface area contributed by atoms with Gasteiger partial charge in [0.1, 0.15) is 5.75 Å². The zero-order valence-corrected chi connectivity index (χ0v) is 10.8. The summed E-state index contributed by atoms with van der Waals surface area (Å²) in [6.07, 6.45) is 0.985. The van der Waals surface area contributed by atoms with Crippen LogP contribution in [-0.4, -0.2) is 17.2 Å². The summed E-state index contributed by atoms with van der Waals surface area (Å²) in [5, 5.41) is 11.3. The first-order chi connectivity index (χ1) is 9.15. The van der Waals surface area contributed by atoms with Gasteiger partial charge in [-0.15, -0.1) is 0 Å². The molecule has 3 heteroatoms. The Hall–Kier alpha value is -2.03. The van der Waals surface area contributed by atoms with E-state index in [1.807, 2.05) is 43.3 Å². The second-order valence-corrected chi connectivity index (χ2v) is 5.16. The third kappa shape index (κ3) is 2.16. The van der Waals surface area contributed by atoms with E-state index in [0.717, 1.165) is 28.5 Å². The van der Waals surface area contributed by atoms with Gasteiger partial charge in [0.25, 0.3) is 0 Å². The molecule has 0 bridgehead atoms. The number of hydrogen-bond acceptors (Lipinski definition) is 2. The summed E-state index contributed by atoms with van der Waals surface area (Å²) in [6, 6.07) is 12.1. The van der Waals surface area contributed by atoms with E-state index in [9.17, 15) is 4.79 Å². The van der Waals surface area contributed by atoms with Gasteiger partial charge < -0.3 is 9.84 Å². The van der Waals surface area contributed by atoms with Gasteiger partial charge in [-0.3, -0.25) is 4.79 Å². The Morgan fingerprint density at radius 2 is 2.11 bits per heavy atom. The van der Waals surface area contributed by atoms with Crippen LogP contribution in [0.15, 0.2) is 36.4 Å². The second-order valence-electron chi connectivity index (χ2n) is 5.16. The molecule has 19 heavy (non-hydrogen) atoms. The molecule has 1 heterocycles. The third-order valence-corrected chi connectivity index (χ3v) is 3.71. The van der Waals surface area contributed by atoms with Gasteiger partial charge in [-0.1, -0.05) is 36.4 Å². The molecule has 2 atom stereocenters. The van der Waals surface area contributed by atoms with Crippen LogP contribution in [0, 0.1) is 0 Å². The lowest BCUT2D eigenvalue weighted by Gasteiger charge is -2.30. The topological polar surface area (TPSA) is 46.5 Å². The Labute approximate surface area is 111 Å². The molecule has 1 aliphatic heterocycles. The van der Waals surface area contributed by atoms with Crippen LogP contribution in [0.3, 0.4) is 0 Å². The fourth-order valence-electron chi connectivity index (χ4n) is 2.89. The lowest BCUT2D eigenvalue weighted by molar-refractivity contribution is -0.137. The highest BCUT2D eigenvalue weighted by Crippen LogP contribution is 2.42. The van der Waals surface area contributed by atoms with Crippen molar-refractivity contribution in [2.24, 2.45) is 0 Å². The lowest BCUT2D eigenvalue weighted by atomic mass is 9.86. The van der Waals surface area contributed by atoms with E-state index in [0.29, 0.717) is 0 Å². The summed E-state index contributed by atoms with van der Waals surface area (Å²) >= 11 is 0. The summed E-state index contributed by atoms with van der Waals surface area (Å²) in [5.74, 6) is 0.155. The van der Waals surface area contributed by atoms with Crippen LogP contribution in [0.2, 0.25) is 0 Å². The second kappa shape index (κ2) is 4.57. The number of benzene rings is 2.